The highest BCUT2D eigenvalue weighted by atomic mass is 32.1. The average molecular weight is 341 g/mol. The molecule has 3 rings (SSSR count). The molecule has 1 aliphatic rings. The minimum absolute atomic E-state index is 0.106. The highest BCUT2D eigenvalue weighted by Crippen LogP contribution is 2.39. The number of hydrogen-bond donors (Lipinski definition) is 2. The Bertz CT molecular complexity index is 773. The lowest BCUT2D eigenvalue weighted by Gasteiger charge is -2.38. The minimum Gasteiger partial charge on any atom is -0.487 e. The highest BCUT2D eigenvalue weighted by Gasteiger charge is 2.34. The molecule has 24 heavy (non-hydrogen) atoms. The second-order valence-electron chi connectivity index (χ2n) is 6.92. The topological polar surface area (TPSA) is 46.2 Å². The van der Waals surface area contributed by atoms with E-state index in [2.05, 4.69) is 54.6 Å². The van der Waals surface area contributed by atoms with Crippen molar-refractivity contribution in [1.82, 2.24) is 10.3 Å². The van der Waals surface area contributed by atoms with Crippen LogP contribution in [0.2, 0.25) is 0 Å². The number of nitrogens with one attached hydrogen (secondary N) is 2. The van der Waals surface area contributed by atoms with E-state index in [-0.39, 0.29) is 11.6 Å². The summed E-state index contributed by atoms with van der Waals surface area (Å²) in [5.41, 5.74) is 3.04. The van der Waals surface area contributed by atoms with Crippen molar-refractivity contribution in [2.75, 3.05) is 5.32 Å². The Balaban J connectivity index is 1.78. The zero-order valence-corrected chi connectivity index (χ0v) is 15.3. The molecular formula is C19H23N3OS. The van der Waals surface area contributed by atoms with Gasteiger partial charge in [0.05, 0.1) is 6.04 Å². The van der Waals surface area contributed by atoms with Crippen LogP contribution in [0.25, 0.3) is 0 Å². The number of rotatable bonds is 2. The lowest BCUT2D eigenvalue weighted by atomic mass is 9.89. The fourth-order valence-corrected chi connectivity index (χ4v) is 3.26. The van der Waals surface area contributed by atoms with Gasteiger partial charge in [-0.25, -0.2) is 4.98 Å². The molecule has 1 aromatic heterocycles. The zero-order chi connectivity index (χ0) is 17.3. The van der Waals surface area contributed by atoms with E-state index in [1.807, 2.05) is 25.1 Å². The van der Waals surface area contributed by atoms with Crippen LogP contribution in [-0.4, -0.2) is 15.7 Å². The number of anilines is 1. The van der Waals surface area contributed by atoms with Crippen LogP contribution in [0.1, 0.15) is 43.1 Å². The molecule has 2 aromatic rings. The van der Waals surface area contributed by atoms with Gasteiger partial charge in [-0.3, -0.25) is 0 Å². The molecule has 0 amide bonds. The van der Waals surface area contributed by atoms with Crippen LogP contribution in [0, 0.1) is 13.8 Å². The first-order chi connectivity index (χ1) is 11.3. The van der Waals surface area contributed by atoms with E-state index in [9.17, 15) is 0 Å². The second-order valence-corrected chi connectivity index (χ2v) is 7.33. The molecule has 4 nitrogen and oxygen atoms in total. The standard InChI is InChI=1S/C19H23N3OS/c1-12-8-9-14-15(11-19(3,4)23-16(14)10-12)21-18(24)22-17-7-5-6-13(2)20-17/h5-10,15H,11H2,1-4H3,(H2,20,21,22,24)/t15-/m1/s1. The van der Waals surface area contributed by atoms with Crippen LogP contribution < -0.4 is 15.4 Å². The van der Waals surface area contributed by atoms with Gasteiger partial charge in [-0.1, -0.05) is 18.2 Å². The number of nitrogens with zero attached hydrogens (tertiary/aromatic N) is 1. The van der Waals surface area contributed by atoms with Gasteiger partial charge < -0.3 is 15.4 Å². The van der Waals surface area contributed by atoms with Gasteiger partial charge in [0.15, 0.2) is 5.11 Å². The van der Waals surface area contributed by atoms with E-state index >= 15 is 0 Å². The first kappa shape index (κ1) is 16.7. The maximum atomic E-state index is 6.13. The third kappa shape index (κ3) is 3.85. The first-order valence-electron chi connectivity index (χ1n) is 8.13. The Hall–Kier alpha value is -2.14. The fraction of sp³-hybridized carbons (Fsp3) is 0.368. The van der Waals surface area contributed by atoms with Crippen molar-refractivity contribution in [2.24, 2.45) is 0 Å². The Morgan fingerprint density at radius 1 is 1.25 bits per heavy atom. The maximum Gasteiger partial charge on any atom is 0.172 e. The molecule has 1 aromatic carbocycles. The molecule has 0 bridgehead atoms. The van der Waals surface area contributed by atoms with Gasteiger partial charge in [-0.2, -0.15) is 0 Å². The van der Waals surface area contributed by atoms with E-state index in [4.69, 9.17) is 17.0 Å². The predicted molar refractivity (Wildman–Crippen MR) is 102 cm³/mol. The number of benzene rings is 1. The maximum absolute atomic E-state index is 6.13. The van der Waals surface area contributed by atoms with Crippen LogP contribution in [0.15, 0.2) is 36.4 Å². The van der Waals surface area contributed by atoms with Crippen molar-refractivity contribution in [2.45, 2.75) is 45.8 Å². The molecule has 0 radical (unpaired) electrons. The van der Waals surface area contributed by atoms with E-state index in [0.29, 0.717) is 5.11 Å². The number of thiocarbonyl (C=S) groups is 1. The molecule has 0 aliphatic carbocycles. The van der Waals surface area contributed by atoms with Gasteiger partial charge in [0.2, 0.25) is 0 Å². The molecule has 1 atom stereocenters. The molecule has 0 unspecified atom stereocenters. The molecular weight excluding hydrogens is 318 g/mol. The van der Waals surface area contributed by atoms with Gasteiger partial charge in [0.25, 0.3) is 0 Å². The third-order valence-corrected chi connectivity index (χ3v) is 4.28. The van der Waals surface area contributed by atoms with E-state index in [1.165, 1.54) is 5.56 Å². The Morgan fingerprint density at radius 3 is 2.79 bits per heavy atom. The van der Waals surface area contributed by atoms with Crippen LogP contribution in [0.4, 0.5) is 5.82 Å². The van der Waals surface area contributed by atoms with Crippen LogP contribution in [0.3, 0.4) is 0 Å². The summed E-state index contributed by atoms with van der Waals surface area (Å²) < 4.78 is 6.13. The molecule has 1 aliphatic heterocycles. The first-order valence-corrected chi connectivity index (χ1v) is 8.54. The molecule has 0 saturated heterocycles. The summed E-state index contributed by atoms with van der Waals surface area (Å²) in [6.45, 7) is 8.24. The summed E-state index contributed by atoms with van der Waals surface area (Å²) in [4.78, 5) is 4.43. The quantitative estimate of drug-likeness (QED) is 0.798. The Morgan fingerprint density at radius 2 is 2.04 bits per heavy atom. The summed E-state index contributed by atoms with van der Waals surface area (Å²) in [5.74, 6) is 1.68. The van der Waals surface area contributed by atoms with Crippen molar-refractivity contribution < 1.29 is 4.74 Å². The highest BCUT2D eigenvalue weighted by molar-refractivity contribution is 7.80. The monoisotopic (exact) mass is 341 g/mol. The molecule has 126 valence electrons. The minimum atomic E-state index is -0.240. The smallest absolute Gasteiger partial charge is 0.172 e. The summed E-state index contributed by atoms with van der Waals surface area (Å²) in [6.07, 6.45) is 0.839. The normalized spacial score (nSPS) is 18.2. The predicted octanol–water partition coefficient (Wildman–Crippen LogP) is 4.29. The SMILES string of the molecule is Cc1ccc2c(c1)OC(C)(C)C[C@H]2NC(=S)Nc1cccc(C)n1. The lowest BCUT2D eigenvalue weighted by molar-refractivity contribution is 0.0696. The number of fused-ring (bicyclic) bond motifs is 1. The summed E-state index contributed by atoms with van der Waals surface area (Å²) >= 11 is 5.49. The van der Waals surface area contributed by atoms with E-state index in [1.54, 1.807) is 0 Å². The average Bonchev–Trinajstić information content (AvgIpc) is 2.45. The van der Waals surface area contributed by atoms with E-state index in [0.717, 1.165) is 29.2 Å². The summed E-state index contributed by atoms with van der Waals surface area (Å²) in [7, 11) is 0. The Kier molecular flexibility index (Phi) is 4.45. The van der Waals surface area contributed by atoms with Crippen molar-refractivity contribution in [3.05, 3.63) is 53.2 Å². The van der Waals surface area contributed by atoms with Gasteiger partial charge in [-0.05, 0) is 63.7 Å². The van der Waals surface area contributed by atoms with Gasteiger partial charge in [0.1, 0.15) is 17.2 Å². The van der Waals surface area contributed by atoms with Crippen molar-refractivity contribution in [1.29, 1.82) is 0 Å². The van der Waals surface area contributed by atoms with Crippen LogP contribution in [0.5, 0.6) is 5.75 Å². The number of hydrogen-bond acceptors (Lipinski definition) is 3. The molecule has 0 saturated carbocycles. The van der Waals surface area contributed by atoms with E-state index < -0.39 is 0 Å². The van der Waals surface area contributed by atoms with Crippen LogP contribution >= 0.6 is 12.2 Å². The zero-order valence-electron chi connectivity index (χ0n) is 14.5. The molecule has 0 spiro atoms. The van der Waals surface area contributed by atoms with Crippen molar-refractivity contribution in [3.63, 3.8) is 0 Å². The van der Waals surface area contributed by atoms with Crippen LogP contribution in [-0.2, 0) is 0 Å². The number of aromatic nitrogens is 1. The lowest BCUT2D eigenvalue weighted by Crippen LogP contribution is -2.42. The second kappa shape index (κ2) is 6.40. The van der Waals surface area contributed by atoms with Gasteiger partial charge >= 0.3 is 0 Å². The summed E-state index contributed by atoms with van der Waals surface area (Å²) in [5, 5.41) is 7.16. The number of pyridine rings is 1. The van der Waals surface area contributed by atoms with Gasteiger partial charge in [-0.15, -0.1) is 0 Å². The molecule has 0 fully saturated rings. The largest absolute Gasteiger partial charge is 0.487 e. The molecule has 5 heteroatoms. The van der Waals surface area contributed by atoms with Crippen molar-refractivity contribution >= 4 is 23.1 Å². The Labute approximate surface area is 148 Å². The number of ether oxygens (including phenoxy) is 1. The molecule has 2 heterocycles. The number of aryl methyl sites for hydroxylation is 2. The summed E-state index contributed by atoms with van der Waals surface area (Å²) in [6, 6.07) is 12.2. The third-order valence-electron chi connectivity index (χ3n) is 4.06. The molecule has 2 N–H and O–H groups in total. The fourth-order valence-electron chi connectivity index (χ4n) is 3.01. The van der Waals surface area contributed by atoms with Gasteiger partial charge in [0, 0.05) is 17.7 Å². The van der Waals surface area contributed by atoms with Crippen molar-refractivity contribution in [3.8, 4) is 5.75 Å².